The molecule has 0 saturated carbocycles. The fourth-order valence-electron chi connectivity index (χ4n) is 1.61. The van der Waals surface area contributed by atoms with Crippen molar-refractivity contribution in [3.05, 3.63) is 56.9 Å². The molecule has 2 rings (SSSR count). The van der Waals surface area contributed by atoms with Gasteiger partial charge in [-0.05, 0) is 59.8 Å². The first kappa shape index (κ1) is 13.8. The van der Waals surface area contributed by atoms with E-state index in [1.54, 1.807) is 12.3 Å². The molecule has 4 nitrogen and oxygen atoms in total. The first-order valence-corrected chi connectivity index (χ1v) is 6.87. The van der Waals surface area contributed by atoms with Crippen LogP contribution in [0.3, 0.4) is 0 Å². The second-order valence-electron chi connectivity index (χ2n) is 4.17. The largest absolute Gasteiger partial charge is 0.347 e. The molecule has 0 bridgehead atoms. The lowest BCUT2D eigenvalue weighted by atomic mass is 10.2. The van der Waals surface area contributed by atoms with Crippen LogP contribution in [0, 0.1) is 10.5 Å². The van der Waals surface area contributed by atoms with Crippen LogP contribution in [-0.2, 0) is 7.05 Å². The average molecular weight is 367 g/mol. The van der Waals surface area contributed by atoms with Crippen LogP contribution < -0.4 is 5.43 Å². The highest BCUT2D eigenvalue weighted by Gasteiger charge is 2.04. The topological polar surface area (TPSA) is 46.4 Å². The smallest absolute Gasteiger partial charge is 0.271 e. The number of carbonyl (C=O) groups is 1. The van der Waals surface area contributed by atoms with E-state index in [0.717, 1.165) is 15.0 Å². The van der Waals surface area contributed by atoms with E-state index in [2.05, 4.69) is 33.1 Å². The van der Waals surface area contributed by atoms with Crippen LogP contribution in [0.25, 0.3) is 0 Å². The number of nitrogens with one attached hydrogen (secondary N) is 1. The summed E-state index contributed by atoms with van der Waals surface area (Å²) < 4.78 is 3.02. The Kier molecular flexibility index (Phi) is 4.36. The Balaban J connectivity index is 2.03. The van der Waals surface area contributed by atoms with E-state index >= 15 is 0 Å². The van der Waals surface area contributed by atoms with Crippen LogP contribution in [0.15, 0.2) is 41.5 Å². The number of benzene rings is 1. The molecule has 1 heterocycles. The van der Waals surface area contributed by atoms with Crippen LogP contribution in [-0.4, -0.2) is 16.7 Å². The highest BCUT2D eigenvalue weighted by molar-refractivity contribution is 14.1. The number of hydrogen-bond acceptors (Lipinski definition) is 2. The molecule has 0 unspecified atom stereocenters. The van der Waals surface area contributed by atoms with E-state index in [1.165, 1.54) is 0 Å². The molecule has 1 aromatic carbocycles. The quantitative estimate of drug-likeness (QED) is 0.506. The SMILES string of the molecule is Cc1ccc(/C=N/NC(=O)c2cccc(I)c2)n1C. The fraction of sp³-hybridized carbons (Fsp3) is 0.143. The Bertz CT molecular complexity index is 631. The summed E-state index contributed by atoms with van der Waals surface area (Å²) in [4.78, 5) is 11.8. The summed E-state index contributed by atoms with van der Waals surface area (Å²) in [6.45, 7) is 2.02. The third-order valence-corrected chi connectivity index (χ3v) is 3.53. The Morgan fingerprint density at radius 1 is 1.37 bits per heavy atom. The van der Waals surface area contributed by atoms with Gasteiger partial charge in [0.25, 0.3) is 5.91 Å². The van der Waals surface area contributed by atoms with Crippen LogP contribution in [0.5, 0.6) is 0 Å². The molecule has 0 spiro atoms. The highest BCUT2D eigenvalue weighted by Crippen LogP contribution is 2.07. The number of aryl methyl sites for hydroxylation is 1. The third kappa shape index (κ3) is 3.44. The molecule has 0 aliphatic carbocycles. The van der Waals surface area contributed by atoms with E-state index < -0.39 is 0 Å². The van der Waals surface area contributed by atoms with Gasteiger partial charge in [-0.15, -0.1) is 0 Å². The lowest BCUT2D eigenvalue weighted by Crippen LogP contribution is -2.17. The molecule has 2 aromatic rings. The van der Waals surface area contributed by atoms with Crippen LogP contribution in [0.4, 0.5) is 0 Å². The number of aromatic nitrogens is 1. The molecule has 0 aliphatic rings. The minimum atomic E-state index is -0.208. The molecule has 0 fully saturated rings. The molecule has 1 N–H and O–H groups in total. The normalized spacial score (nSPS) is 10.9. The van der Waals surface area contributed by atoms with Crippen molar-refractivity contribution in [2.75, 3.05) is 0 Å². The maximum absolute atomic E-state index is 11.8. The summed E-state index contributed by atoms with van der Waals surface area (Å²) in [5.74, 6) is -0.208. The Morgan fingerprint density at radius 2 is 2.16 bits per heavy atom. The first-order valence-electron chi connectivity index (χ1n) is 5.79. The van der Waals surface area contributed by atoms with Crippen molar-refractivity contribution in [3.8, 4) is 0 Å². The fourth-order valence-corrected chi connectivity index (χ4v) is 2.16. The molecular weight excluding hydrogens is 353 g/mol. The van der Waals surface area contributed by atoms with Crippen LogP contribution in [0.1, 0.15) is 21.7 Å². The zero-order chi connectivity index (χ0) is 13.8. The van der Waals surface area contributed by atoms with Crippen LogP contribution in [0.2, 0.25) is 0 Å². The number of nitrogens with zero attached hydrogens (tertiary/aromatic N) is 2. The first-order chi connectivity index (χ1) is 9.08. The number of amides is 1. The number of carbonyl (C=O) groups excluding carboxylic acids is 1. The molecule has 1 amide bonds. The lowest BCUT2D eigenvalue weighted by Gasteiger charge is -2.01. The van der Waals surface area contributed by atoms with Gasteiger partial charge < -0.3 is 4.57 Å². The molecule has 0 aliphatic heterocycles. The van der Waals surface area contributed by atoms with E-state index in [4.69, 9.17) is 0 Å². The van der Waals surface area contributed by atoms with Crippen molar-refractivity contribution >= 4 is 34.7 Å². The molecular formula is C14H14IN3O. The Hall–Kier alpha value is -1.63. The van der Waals surface area contributed by atoms with Crippen molar-refractivity contribution in [2.24, 2.45) is 12.1 Å². The molecule has 0 radical (unpaired) electrons. The summed E-state index contributed by atoms with van der Waals surface area (Å²) in [7, 11) is 1.96. The molecule has 98 valence electrons. The van der Waals surface area contributed by atoms with Gasteiger partial charge in [0.15, 0.2) is 0 Å². The Labute approximate surface area is 125 Å². The zero-order valence-electron chi connectivity index (χ0n) is 10.7. The van der Waals surface area contributed by atoms with Crippen molar-refractivity contribution < 1.29 is 4.79 Å². The number of hydrogen-bond donors (Lipinski definition) is 1. The van der Waals surface area contributed by atoms with Crippen molar-refractivity contribution in [1.82, 2.24) is 9.99 Å². The van der Waals surface area contributed by atoms with Gasteiger partial charge in [-0.1, -0.05) is 6.07 Å². The van der Waals surface area contributed by atoms with Crippen molar-refractivity contribution in [2.45, 2.75) is 6.92 Å². The molecule has 1 aromatic heterocycles. The summed E-state index contributed by atoms with van der Waals surface area (Å²) >= 11 is 2.17. The summed E-state index contributed by atoms with van der Waals surface area (Å²) in [6, 6.07) is 11.3. The van der Waals surface area contributed by atoms with Gasteiger partial charge in [-0.2, -0.15) is 5.10 Å². The summed E-state index contributed by atoms with van der Waals surface area (Å²) in [5.41, 5.74) is 5.22. The minimum Gasteiger partial charge on any atom is -0.347 e. The minimum absolute atomic E-state index is 0.208. The van der Waals surface area contributed by atoms with Gasteiger partial charge in [0.2, 0.25) is 0 Å². The van der Waals surface area contributed by atoms with E-state index in [1.807, 2.05) is 48.9 Å². The maximum atomic E-state index is 11.8. The standard InChI is InChI=1S/C14H14IN3O/c1-10-6-7-13(18(10)2)9-16-17-14(19)11-4-3-5-12(15)8-11/h3-9H,1-2H3,(H,17,19)/b16-9+. The number of rotatable bonds is 3. The third-order valence-electron chi connectivity index (χ3n) is 2.86. The predicted molar refractivity (Wildman–Crippen MR) is 84.4 cm³/mol. The summed E-state index contributed by atoms with van der Waals surface area (Å²) in [5, 5.41) is 3.97. The van der Waals surface area contributed by atoms with Crippen molar-refractivity contribution in [1.29, 1.82) is 0 Å². The van der Waals surface area contributed by atoms with Gasteiger partial charge in [0.05, 0.1) is 11.9 Å². The van der Waals surface area contributed by atoms with E-state index in [9.17, 15) is 4.79 Å². The Morgan fingerprint density at radius 3 is 2.79 bits per heavy atom. The van der Waals surface area contributed by atoms with Gasteiger partial charge in [0, 0.05) is 21.9 Å². The monoisotopic (exact) mass is 367 g/mol. The maximum Gasteiger partial charge on any atom is 0.271 e. The highest BCUT2D eigenvalue weighted by atomic mass is 127. The molecule has 19 heavy (non-hydrogen) atoms. The molecule has 5 heteroatoms. The lowest BCUT2D eigenvalue weighted by molar-refractivity contribution is 0.0955. The zero-order valence-corrected chi connectivity index (χ0v) is 12.9. The van der Waals surface area contributed by atoms with Gasteiger partial charge >= 0.3 is 0 Å². The second kappa shape index (κ2) is 6.01. The number of halogens is 1. The molecule has 0 saturated heterocycles. The van der Waals surface area contributed by atoms with E-state index in [0.29, 0.717) is 5.56 Å². The van der Waals surface area contributed by atoms with E-state index in [-0.39, 0.29) is 5.91 Å². The van der Waals surface area contributed by atoms with Gasteiger partial charge in [-0.3, -0.25) is 4.79 Å². The molecule has 0 atom stereocenters. The second-order valence-corrected chi connectivity index (χ2v) is 5.41. The predicted octanol–water partition coefficient (Wildman–Crippen LogP) is 2.70. The van der Waals surface area contributed by atoms with Crippen molar-refractivity contribution in [3.63, 3.8) is 0 Å². The van der Waals surface area contributed by atoms with Crippen LogP contribution >= 0.6 is 22.6 Å². The van der Waals surface area contributed by atoms with Gasteiger partial charge in [0.1, 0.15) is 0 Å². The number of hydrazone groups is 1. The average Bonchev–Trinajstić information content (AvgIpc) is 2.70. The van der Waals surface area contributed by atoms with Gasteiger partial charge in [-0.25, -0.2) is 5.43 Å². The summed E-state index contributed by atoms with van der Waals surface area (Å²) in [6.07, 6.45) is 1.64.